The first kappa shape index (κ1) is 15.7. The van der Waals surface area contributed by atoms with E-state index >= 15 is 0 Å². The Kier molecular flexibility index (Phi) is 3.97. The summed E-state index contributed by atoms with van der Waals surface area (Å²) in [7, 11) is 1.96. The van der Waals surface area contributed by atoms with Crippen molar-refractivity contribution in [2.75, 3.05) is 19.6 Å². The third-order valence-corrected chi connectivity index (χ3v) is 4.18. The average molecular weight is 316 g/mol. The highest BCUT2D eigenvalue weighted by Gasteiger charge is 2.32. The minimum atomic E-state index is -0.138. The van der Waals surface area contributed by atoms with Gasteiger partial charge in [0.05, 0.1) is 17.3 Å². The quantitative estimate of drug-likeness (QED) is 0.903. The van der Waals surface area contributed by atoms with Crippen LogP contribution in [0, 0.1) is 0 Å². The molecule has 0 aromatic carbocycles. The minimum absolute atomic E-state index is 0.00926. The van der Waals surface area contributed by atoms with Crippen molar-refractivity contribution < 1.29 is 4.79 Å². The van der Waals surface area contributed by atoms with Crippen LogP contribution in [0.15, 0.2) is 24.8 Å². The summed E-state index contributed by atoms with van der Waals surface area (Å²) in [6.45, 7) is 8.36. The third kappa shape index (κ3) is 3.01. The van der Waals surface area contributed by atoms with Crippen LogP contribution in [0.4, 0.5) is 0 Å². The van der Waals surface area contributed by atoms with Crippen LogP contribution in [0.5, 0.6) is 0 Å². The summed E-state index contributed by atoms with van der Waals surface area (Å²) in [4.78, 5) is 19.3. The van der Waals surface area contributed by atoms with E-state index in [0.717, 1.165) is 12.4 Å². The fraction of sp³-hybridized carbons (Fsp3) is 0.562. The van der Waals surface area contributed by atoms with Gasteiger partial charge in [-0.1, -0.05) is 0 Å². The summed E-state index contributed by atoms with van der Waals surface area (Å²) in [6, 6.07) is -0.0609. The molecule has 1 N–H and O–H groups in total. The van der Waals surface area contributed by atoms with Crippen molar-refractivity contribution >= 4 is 5.91 Å². The van der Waals surface area contributed by atoms with Crippen molar-refractivity contribution in [3.05, 3.63) is 36.2 Å². The van der Waals surface area contributed by atoms with E-state index in [1.807, 2.05) is 33.6 Å². The van der Waals surface area contributed by atoms with E-state index in [1.165, 1.54) is 0 Å². The Labute approximate surface area is 136 Å². The van der Waals surface area contributed by atoms with E-state index in [9.17, 15) is 4.79 Å². The van der Waals surface area contributed by atoms with Gasteiger partial charge in [-0.15, -0.1) is 0 Å². The molecule has 2 aromatic heterocycles. The minimum Gasteiger partial charge on any atom is -0.336 e. The van der Waals surface area contributed by atoms with Crippen LogP contribution < -0.4 is 5.32 Å². The number of amides is 1. The number of carbonyl (C=O) groups excluding carboxylic acids is 1. The van der Waals surface area contributed by atoms with Crippen LogP contribution in [0.25, 0.3) is 0 Å². The number of piperazine rings is 1. The van der Waals surface area contributed by atoms with Crippen molar-refractivity contribution in [1.29, 1.82) is 0 Å². The predicted molar refractivity (Wildman–Crippen MR) is 87.1 cm³/mol. The molecule has 1 amide bonds. The second-order valence-electron chi connectivity index (χ2n) is 6.96. The van der Waals surface area contributed by atoms with Crippen molar-refractivity contribution in [3.63, 3.8) is 0 Å². The van der Waals surface area contributed by atoms with Crippen LogP contribution in [0.2, 0.25) is 0 Å². The summed E-state index contributed by atoms with van der Waals surface area (Å²) in [5, 5.41) is 7.69. The molecule has 0 saturated carbocycles. The zero-order valence-corrected chi connectivity index (χ0v) is 14.2. The lowest BCUT2D eigenvalue weighted by atomic mass is 10.1. The molecule has 3 heterocycles. The molecule has 7 heteroatoms. The van der Waals surface area contributed by atoms with Crippen molar-refractivity contribution in [2.45, 2.75) is 32.4 Å². The van der Waals surface area contributed by atoms with E-state index in [2.05, 4.69) is 36.2 Å². The second kappa shape index (κ2) is 5.81. The summed E-state index contributed by atoms with van der Waals surface area (Å²) >= 11 is 0. The molecule has 124 valence electrons. The number of aryl methyl sites for hydroxylation is 1. The van der Waals surface area contributed by atoms with Gasteiger partial charge < -0.3 is 14.8 Å². The first-order valence-electron chi connectivity index (χ1n) is 7.92. The van der Waals surface area contributed by atoms with E-state index in [4.69, 9.17) is 0 Å². The number of hydrogen-bond acceptors (Lipinski definition) is 4. The van der Waals surface area contributed by atoms with Crippen molar-refractivity contribution in [1.82, 2.24) is 29.5 Å². The van der Waals surface area contributed by atoms with Gasteiger partial charge in [0.25, 0.3) is 5.91 Å². The summed E-state index contributed by atoms with van der Waals surface area (Å²) in [5.74, 6) is 0.906. The Hall–Kier alpha value is -2.15. The highest BCUT2D eigenvalue weighted by atomic mass is 16.2. The van der Waals surface area contributed by atoms with Gasteiger partial charge in [-0.3, -0.25) is 9.48 Å². The molecule has 1 aliphatic rings. The Morgan fingerprint density at radius 3 is 2.78 bits per heavy atom. The van der Waals surface area contributed by atoms with Crippen LogP contribution in [0.3, 0.4) is 0 Å². The van der Waals surface area contributed by atoms with Gasteiger partial charge in [-0.05, 0) is 20.8 Å². The Morgan fingerprint density at radius 1 is 1.39 bits per heavy atom. The Morgan fingerprint density at radius 2 is 2.17 bits per heavy atom. The Balaban J connectivity index is 1.87. The normalized spacial score (nSPS) is 19.1. The standard InChI is InChI=1S/C16H24N6O/c1-16(2,3)22-11-12(9-19-22)15(23)21-8-5-17-10-13(21)14-18-6-7-20(14)4/h6-7,9,11,13,17H,5,8,10H2,1-4H3. The van der Waals surface area contributed by atoms with E-state index in [1.54, 1.807) is 12.4 Å². The molecule has 0 radical (unpaired) electrons. The van der Waals surface area contributed by atoms with Gasteiger partial charge >= 0.3 is 0 Å². The molecule has 0 aliphatic carbocycles. The third-order valence-electron chi connectivity index (χ3n) is 4.18. The van der Waals surface area contributed by atoms with Crippen molar-refractivity contribution in [3.8, 4) is 0 Å². The van der Waals surface area contributed by atoms with Gasteiger partial charge in [0, 0.05) is 45.3 Å². The number of hydrogen-bond donors (Lipinski definition) is 1. The highest BCUT2D eigenvalue weighted by molar-refractivity contribution is 5.94. The molecule has 1 saturated heterocycles. The molecule has 1 fully saturated rings. The van der Waals surface area contributed by atoms with E-state index in [0.29, 0.717) is 18.7 Å². The maximum atomic E-state index is 13.0. The largest absolute Gasteiger partial charge is 0.336 e. The summed E-state index contributed by atoms with van der Waals surface area (Å²) in [6.07, 6.45) is 7.17. The van der Waals surface area contributed by atoms with E-state index in [-0.39, 0.29) is 17.5 Å². The lowest BCUT2D eigenvalue weighted by molar-refractivity contribution is 0.0620. The van der Waals surface area contributed by atoms with Gasteiger partial charge in [-0.25, -0.2) is 4.98 Å². The maximum Gasteiger partial charge on any atom is 0.257 e. The van der Waals surface area contributed by atoms with Crippen LogP contribution >= 0.6 is 0 Å². The van der Waals surface area contributed by atoms with Crippen molar-refractivity contribution in [2.24, 2.45) is 7.05 Å². The SMILES string of the molecule is Cn1ccnc1C1CNCCN1C(=O)c1cnn(C(C)(C)C)c1. The molecule has 0 spiro atoms. The first-order valence-corrected chi connectivity index (χ1v) is 7.92. The monoisotopic (exact) mass is 316 g/mol. The van der Waals surface area contributed by atoms with Crippen LogP contribution in [-0.2, 0) is 12.6 Å². The average Bonchev–Trinajstić information content (AvgIpc) is 3.15. The lowest BCUT2D eigenvalue weighted by Crippen LogP contribution is -2.49. The van der Waals surface area contributed by atoms with Gasteiger partial charge in [0.1, 0.15) is 11.9 Å². The zero-order chi connectivity index (χ0) is 16.6. The summed E-state index contributed by atoms with van der Waals surface area (Å²) < 4.78 is 3.80. The smallest absolute Gasteiger partial charge is 0.257 e. The molecule has 1 unspecified atom stereocenters. The predicted octanol–water partition coefficient (Wildman–Crippen LogP) is 1.16. The number of rotatable bonds is 2. The molecular weight excluding hydrogens is 292 g/mol. The van der Waals surface area contributed by atoms with Gasteiger partial charge in [-0.2, -0.15) is 5.10 Å². The van der Waals surface area contributed by atoms with Gasteiger partial charge in [0.15, 0.2) is 0 Å². The fourth-order valence-electron chi connectivity index (χ4n) is 2.84. The fourth-order valence-corrected chi connectivity index (χ4v) is 2.84. The molecule has 1 atom stereocenters. The topological polar surface area (TPSA) is 68.0 Å². The molecule has 3 rings (SSSR count). The Bertz CT molecular complexity index is 695. The number of nitrogens with zero attached hydrogens (tertiary/aromatic N) is 5. The lowest BCUT2D eigenvalue weighted by Gasteiger charge is -2.35. The first-order chi connectivity index (χ1) is 10.9. The molecular formula is C16H24N6O. The number of carbonyl (C=O) groups is 1. The second-order valence-corrected chi connectivity index (χ2v) is 6.96. The molecule has 2 aromatic rings. The molecule has 7 nitrogen and oxygen atoms in total. The molecule has 0 bridgehead atoms. The molecule has 1 aliphatic heterocycles. The number of nitrogens with one attached hydrogen (secondary N) is 1. The van der Waals surface area contributed by atoms with Gasteiger partial charge in [0.2, 0.25) is 0 Å². The highest BCUT2D eigenvalue weighted by Crippen LogP contribution is 2.23. The number of aromatic nitrogens is 4. The summed E-state index contributed by atoms with van der Waals surface area (Å²) in [5.41, 5.74) is 0.488. The van der Waals surface area contributed by atoms with Crippen LogP contribution in [-0.4, -0.2) is 49.8 Å². The van der Waals surface area contributed by atoms with E-state index < -0.39 is 0 Å². The number of imidazole rings is 1. The zero-order valence-electron chi connectivity index (χ0n) is 14.2. The molecule has 23 heavy (non-hydrogen) atoms. The van der Waals surface area contributed by atoms with Crippen LogP contribution in [0.1, 0.15) is 43.0 Å². The maximum absolute atomic E-state index is 13.0.